The molecule has 104 valence electrons. The van der Waals surface area contributed by atoms with Crippen LogP contribution >= 0.6 is 23.6 Å². The van der Waals surface area contributed by atoms with E-state index in [9.17, 15) is 9.59 Å². The quantitative estimate of drug-likeness (QED) is 0.822. The molecule has 0 bridgehead atoms. The highest BCUT2D eigenvalue weighted by Gasteiger charge is 2.08. The van der Waals surface area contributed by atoms with E-state index in [4.69, 9.17) is 18.0 Å². The molecule has 2 aromatic rings. The van der Waals surface area contributed by atoms with Gasteiger partial charge in [0, 0.05) is 30.1 Å². The predicted octanol–water partition coefficient (Wildman–Crippen LogP) is 1.57. The van der Waals surface area contributed by atoms with Gasteiger partial charge < -0.3 is 15.6 Å². The van der Waals surface area contributed by atoms with Crippen LogP contribution in [0.15, 0.2) is 40.6 Å². The number of carbonyl (C=O) groups excluding carboxylic acids is 1. The van der Waals surface area contributed by atoms with Gasteiger partial charge in [0.25, 0.3) is 0 Å². The van der Waals surface area contributed by atoms with Crippen molar-refractivity contribution in [3.8, 4) is 0 Å². The number of benzene rings is 1. The van der Waals surface area contributed by atoms with Crippen LogP contribution in [0.5, 0.6) is 0 Å². The van der Waals surface area contributed by atoms with Crippen molar-refractivity contribution in [2.24, 2.45) is 5.73 Å². The largest absolute Gasteiger partial charge is 0.389 e. The number of rotatable bonds is 5. The molecule has 0 saturated carbocycles. The summed E-state index contributed by atoms with van der Waals surface area (Å²) in [5.41, 5.74) is 6.81. The average Bonchev–Trinajstić information content (AvgIpc) is 2.82. The van der Waals surface area contributed by atoms with Gasteiger partial charge in [0.1, 0.15) is 4.99 Å². The fraction of sp³-hybridized carbons (Fsp3) is 0.154. The summed E-state index contributed by atoms with van der Waals surface area (Å²) in [4.78, 5) is 23.4. The van der Waals surface area contributed by atoms with E-state index in [0.717, 1.165) is 11.3 Å². The van der Waals surface area contributed by atoms with Crippen molar-refractivity contribution < 1.29 is 4.79 Å². The third kappa shape index (κ3) is 3.52. The lowest BCUT2D eigenvalue weighted by atomic mass is 10.1. The van der Waals surface area contributed by atoms with E-state index in [2.05, 4.69) is 5.32 Å². The zero-order chi connectivity index (χ0) is 14.5. The number of thiazole rings is 1. The molecule has 1 amide bonds. The summed E-state index contributed by atoms with van der Waals surface area (Å²) in [6.45, 7) is 0.351. The van der Waals surface area contributed by atoms with Gasteiger partial charge in [-0.25, -0.2) is 0 Å². The molecule has 3 N–H and O–H groups in total. The number of nitrogens with two attached hydrogens (primary N) is 1. The second-order valence-electron chi connectivity index (χ2n) is 4.07. The van der Waals surface area contributed by atoms with Crippen LogP contribution in [0.2, 0.25) is 0 Å². The highest BCUT2D eigenvalue weighted by Crippen LogP contribution is 2.15. The number of amides is 1. The van der Waals surface area contributed by atoms with Crippen LogP contribution in [0.3, 0.4) is 0 Å². The van der Waals surface area contributed by atoms with Crippen molar-refractivity contribution in [2.75, 3.05) is 5.32 Å². The van der Waals surface area contributed by atoms with Crippen molar-refractivity contribution in [1.29, 1.82) is 0 Å². The summed E-state index contributed by atoms with van der Waals surface area (Å²) in [6, 6.07) is 7.08. The van der Waals surface area contributed by atoms with Crippen molar-refractivity contribution in [2.45, 2.75) is 13.0 Å². The van der Waals surface area contributed by atoms with Crippen LogP contribution < -0.4 is 15.9 Å². The van der Waals surface area contributed by atoms with Crippen molar-refractivity contribution in [3.05, 3.63) is 51.1 Å². The normalized spacial score (nSPS) is 10.2. The zero-order valence-electron chi connectivity index (χ0n) is 10.5. The summed E-state index contributed by atoms with van der Waals surface area (Å²) in [6.07, 6.45) is 1.88. The second kappa shape index (κ2) is 6.44. The summed E-state index contributed by atoms with van der Waals surface area (Å²) in [7, 11) is 0. The number of nitrogens with one attached hydrogen (secondary N) is 1. The fourth-order valence-corrected chi connectivity index (χ4v) is 2.49. The lowest BCUT2D eigenvalue weighted by Crippen LogP contribution is -2.20. The number of aromatic nitrogens is 1. The first-order valence-electron chi connectivity index (χ1n) is 5.90. The van der Waals surface area contributed by atoms with Gasteiger partial charge in [-0.1, -0.05) is 35.7 Å². The monoisotopic (exact) mass is 307 g/mol. The first-order valence-corrected chi connectivity index (χ1v) is 7.19. The van der Waals surface area contributed by atoms with Crippen LogP contribution in [0.4, 0.5) is 5.69 Å². The third-order valence-corrected chi connectivity index (χ3v) is 3.60. The third-order valence-electron chi connectivity index (χ3n) is 2.69. The number of hydrogen-bond acceptors (Lipinski definition) is 4. The zero-order valence-corrected chi connectivity index (χ0v) is 12.2. The molecule has 0 atom stereocenters. The van der Waals surface area contributed by atoms with Crippen molar-refractivity contribution in [3.63, 3.8) is 0 Å². The highest BCUT2D eigenvalue weighted by atomic mass is 32.1. The molecule has 1 aromatic carbocycles. The van der Waals surface area contributed by atoms with Gasteiger partial charge in [-0.05, 0) is 12.1 Å². The van der Waals surface area contributed by atoms with Gasteiger partial charge in [-0.15, -0.1) is 0 Å². The number of hydrogen-bond donors (Lipinski definition) is 2. The Labute approximate surface area is 125 Å². The van der Waals surface area contributed by atoms with Gasteiger partial charge >= 0.3 is 4.87 Å². The lowest BCUT2D eigenvalue weighted by Gasteiger charge is -2.09. The summed E-state index contributed by atoms with van der Waals surface area (Å²) in [5, 5.41) is 4.45. The minimum Gasteiger partial charge on any atom is -0.389 e. The Balaban J connectivity index is 2.00. The smallest absolute Gasteiger partial charge is 0.307 e. The van der Waals surface area contributed by atoms with E-state index in [1.165, 1.54) is 4.57 Å². The maximum absolute atomic E-state index is 11.9. The van der Waals surface area contributed by atoms with E-state index in [0.29, 0.717) is 17.8 Å². The van der Waals surface area contributed by atoms with Crippen LogP contribution in [0.25, 0.3) is 0 Å². The Morgan fingerprint density at radius 2 is 2.15 bits per heavy atom. The minimum absolute atomic E-state index is 0.0682. The number of aryl methyl sites for hydroxylation is 1. The lowest BCUT2D eigenvalue weighted by molar-refractivity contribution is -0.116. The van der Waals surface area contributed by atoms with Gasteiger partial charge in [0.2, 0.25) is 5.91 Å². The maximum atomic E-state index is 11.9. The van der Waals surface area contributed by atoms with Crippen molar-refractivity contribution in [1.82, 2.24) is 4.57 Å². The topological polar surface area (TPSA) is 77.1 Å². The molecule has 0 aliphatic carbocycles. The molecule has 0 radical (unpaired) electrons. The summed E-state index contributed by atoms with van der Waals surface area (Å²) >= 11 is 6.04. The molecule has 0 unspecified atom stereocenters. The van der Waals surface area contributed by atoms with E-state index in [-0.39, 0.29) is 22.2 Å². The Morgan fingerprint density at radius 3 is 2.80 bits per heavy atom. The summed E-state index contributed by atoms with van der Waals surface area (Å²) < 4.78 is 1.50. The first kappa shape index (κ1) is 14.4. The van der Waals surface area contributed by atoms with E-state index < -0.39 is 0 Å². The van der Waals surface area contributed by atoms with Crippen LogP contribution in [-0.4, -0.2) is 15.5 Å². The summed E-state index contributed by atoms with van der Waals surface area (Å²) in [5.74, 6) is -0.188. The molecule has 0 saturated heterocycles. The van der Waals surface area contributed by atoms with Gasteiger partial charge in [0.05, 0.1) is 5.69 Å². The Hall–Kier alpha value is -1.99. The maximum Gasteiger partial charge on any atom is 0.307 e. The molecule has 5 nitrogen and oxygen atoms in total. The average molecular weight is 307 g/mol. The Kier molecular flexibility index (Phi) is 4.65. The highest BCUT2D eigenvalue weighted by molar-refractivity contribution is 7.80. The van der Waals surface area contributed by atoms with Crippen molar-refractivity contribution >= 4 is 40.1 Å². The van der Waals surface area contributed by atoms with Crippen LogP contribution in [0, 0.1) is 0 Å². The number of para-hydroxylation sites is 1. The Morgan fingerprint density at radius 1 is 1.40 bits per heavy atom. The number of nitrogens with zero attached hydrogens (tertiary/aromatic N) is 1. The molecule has 0 spiro atoms. The second-order valence-corrected chi connectivity index (χ2v) is 5.37. The Bertz CT molecular complexity index is 691. The van der Waals surface area contributed by atoms with E-state index >= 15 is 0 Å². The van der Waals surface area contributed by atoms with Gasteiger partial charge in [0.15, 0.2) is 0 Å². The predicted molar refractivity (Wildman–Crippen MR) is 84.2 cm³/mol. The fourth-order valence-electron chi connectivity index (χ4n) is 1.70. The molecule has 0 aliphatic heterocycles. The molecular weight excluding hydrogens is 294 g/mol. The molecule has 7 heteroatoms. The number of anilines is 1. The standard InChI is InChI=1S/C13H13N3O2S2/c14-12(19)9-3-1-2-4-10(9)15-11(17)5-6-16-7-8-20-13(16)18/h1-4,7-8H,5-6H2,(H2,14,19)(H,15,17). The van der Waals surface area contributed by atoms with E-state index in [1.54, 1.807) is 35.8 Å². The minimum atomic E-state index is -0.188. The molecule has 2 rings (SSSR count). The van der Waals surface area contributed by atoms with Gasteiger partial charge in [-0.2, -0.15) is 0 Å². The number of thiocarbonyl (C=S) groups is 1. The molecule has 0 aliphatic rings. The van der Waals surface area contributed by atoms with Crippen LogP contribution in [0.1, 0.15) is 12.0 Å². The molecular formula is C13H13N3O2S2. The van der Waals surface area contributed by atoms with Crippen LogP contribution in [-0.2, 0) is 11.3 Å². The first-order chi connectivity index (χ1) is 9.58. The molecule has 1 heterocycles. The SMILES string of the molecule is NC(=S)c1ccccc1NC(=O)CCn1ccsc1=O. The number of carbonyl (C=O) groups is 1. The molecule has 0 fully saturated rings. The van der Waals surface area contributed by atoms with E-state index in [1.807, 2.05) is 0 Å². The molecule has 1 aromatic heterocycles. The molecule has 20 heavy (non-hydrogen) atoms. The van der Waals surface area contributed by atoms with Gasteiger partial charge in [-0.3, -0.25) is 9.59 Å².